The van der Waals surface area contributed by atoms with Crippen molar-refractivity contribution in [1.82, 2.24) is 4.98 Å². The summed E-state index contributed by atoms with van der Waals surface area (Å²) in [7, 11) is 0. The lowest BCUT2D eigenvalue weighted by Gasteiger charge is -2.00. The maximum atomic E-state index is 10.7. The van der Waals surface area contributed by atoms with E-state index >= 15 is 0 Å². The largest absolute Gasteiger partial charge is 0.422 e. The van der Waals surface area contributed by atoms with Crippen LogP contribution in [0.3, 0.4) is 0 Å². The molecule has 0 saturated carbocycles. The normalized spacial score (nSPS) is 10.9. The average molecular weight is 384 g/mol. The van der Waals surface area contributed by atoms with E-state index in [0.29, 0.717) is 17.0 Å². The van der Waals surface area contributed by atoms with Crippen LogP contribution in [0.15, 0.2) is 94.4 Å². The van der Waals surface area contributed by atoms with Gasteiger partial charge in [0.25, 0.3) is 5.69 Å². The average Bonchev–Trinajstić information content (AvgIpc) is 3.20. The Kier molecular flexibility index (Phi) is 5.11. The fourth-order valence-corrected chi connectivity index (χ4v) is 2.79. The monoisotopic (exact) mass is 384 g/mol. The molecule has 3 aromatic carbocycles. The number of anilines is 1. The Labute approximate surface area is 166 Å². The van der Waals surface area contributed by atoms with Gasteiger partial charge in [-0.25, -0.2) is 5.43 Å². The molecule has 0 amide bonds. The quantitative estimate of drug-likeness (QED) is 0.274. The van der Waals surface area contributed by atoms with Gasteiger partial charge in [0.1, 0.15) is 5.69 Å². The molecule has 0 unspecified atom stereocenters. The van der Waals surface area contributed by atoms with Crippen LogP contribution < -0.4 is 5.43 Å². The Balaban J connectivity index is 1.59. The lowest BCUT2D eigenvalue weighted by Crippen LogP contribution is -1.92. The van der Waals surface area contributed by atoms with E-state index in [0.717, 1.165) is 11.1 Å². The molecule has 0 bridgehead atoms. The van der Waals surface area contributed by atoms with E-state index in [1.807, 2.05) is 60.7 Å². The molecule has 142 valence electrons. The molecule has 0 aliphatic carbocycles. The van der Waals surface area contributed by atoms with Crippen LogP contribution >= 0.6 is 0 Å². The van der Waals surface area contributed by atoms with Gasteiger partial charge < -0.3 is 4.42 Å². The summed E-state index contributed by atoms with van der Waals surface area (Å²) in [6.45, 7) is 0. The molecule has 29 heavy (non-hydrogen) atoms. The first-order valence-electron chi connectivity index (χ1n) is 8.86. The topological polar surface area (TPSA) is 93.6 Å². The van der Waals surface area contributed by atoms with Gasteiger partial charge in [-0.15, -0.1) is 0 Å². The zero-order valence-electron chi connectivity index (χ0n) is 15.2. The van der Waals surface area contributed by atoms with Gasteiger partial charge in [0.2, 0.25) is 0 Å². The summed E-state index contributed by atoms with van der Waals surface area (Å²) in [6, 6.07) is 25.8. The minimum Gasteiger partial charge on any atom is -0.422 e. The number of nitro groups is 1. The van der Waals surface area contributed by atoms with Gasteiger partial charge in [0, 0.05) is 23.3 Å². The van der Waals surface area contributed by atoms with Crippen LogP contribution in [-0.4, -0.2) is 16.1 Å². The molecule has 4 aromatic rings. The van der Waals surface area contributed by atoms with Crippen molar-refractivity contribution in [2.45, 2.75) is 0 Å². The highest BCUT2D eigenvalue weighted by molar-refractivity contribution is 5.81. The summed E-state index contributed by atoms with van der Waals surface area (Å²) in [4.78, 5) is 14.8. The van der Waals surface area contributed by atoms with Crippen LogP contribution in [0, 0.1) is 10.1 Å². The van der Waals surface area contributed by atoms with Crippen molar-refractivity contribution < 1.29 is 9.34 Å². The second kappa shape index (κ2) is 8.18. The highest BCUT2D eigenvalue weighted by Crippen LogP contribution is 2.34. The van der Waals surface area contributed by atoms with Gasteiger partial charge in [-0.2, -0.15) is 10.1 Å². The number of oxazole rings is 1. The minimum absolute atomic E-state index is 0.0304. The van der Waals surface area contributed by atoms with Crippen molar-refractivity contribution in [2.24, 2.45) is 5.10 Å². The van der Waals surface area contributed by atoms with Crippen LogP contribution in [-0.2, 0) is 0 Å². The summed E-state index contributed by atoms with van der Waals surface area (Å²) in [5, 5.41) is 14.8. The summed E-state index contributed by atoms with van der Waals surface area (Å²) >= 11 is 0. The summed E-state index contributed by atoms with van der Waals surface area (Å²) < 4.78 is 5.92. The zero-order chi connectivity index (χ0) is 20.1. The smallest absolute Gasteiger partial charge is 0.316 e. The van der Waals surface area contributed by atoms with Crippen LogP contribution in [0.1, 0.15) is 5.56 Å². The Bertz CT molecular complexity index is 1080. The van der Waals surface area contributed by atoms with Gasteiger partial charge in [-0.1, -0.05) is 60.7 Å². The third kappa shape index (κ3) is 4.19. The first-order valence-corrected chi connectivity index (χ1v) is 8.86. The first kappa shape index (κ1) is 18.1. The van der Waals surface area contributed by atoms with Crippen LogP contribution in [0.25, 0.3) is 22.6 Å². The molecule has 0 saturated heterocycles. The molecule has 1 aromatic heterocycles. The third-order valence-electron chi connectivity index (χ3n) is 4.19. The van der Waals surface area contributed by atoms with Crippen molar-refractivity contribution in [1.29, 1.82) is 0 Å². The SMILES string of the molecule is O=[N+]([O-])c1ccc(/C=N/Nc2nc(-c3ccccc3)c(-c3ccccc3)o2)cc1. The summed E-state index contributed by atoms with van der Waals surface area (Å²) in [5.74, 6) is 0.643. The third-order valence-corrected chi connectivity index (χ3v) is 4.19. The van der Waals surface area contributed by atoms with E-state index in [2.05, 4.69) is 15.5 Å². The number of hydrogen-bond donors (Lipinski definition) is 1. The molecule has 7 nitrogen and oxygen atoms in total. The van der Waals surface area contributed by atoms with Crippen LogP contribution in [0.2, 0.25) is 0 Å². The van der Waals surface area contributed by atoms with E-state index in [-0.39, 0.29) is 11.7 Å². The number of benzene rings is 3. The Hall–Kier alpha value is -4.26. The predicted molar refractivity (Wildman–Crippen MR) is 112 cm³/mol. The number of nitrogens with one attached hydrogen (secondary N) is 1. The number of nitrogens with zero attached hydrogens (tertiary/aromatic N) is 3. The minimum atomic E-state index is -0.442. The molecular formula is C22H16N4O3. The van der Waals surface area contributed by atoms with E-state index in [1.54, 1.807) is 12.1 Å². The van der Waals surface area contributed by atoms with E-state index in [9.17, 15) is 10.1 Å². The second-order valence-corrected chi connectivity index (χ2v) is 6.15. The molecule has 0 radical (unpaired) electrons. The molecule has 0 atom stereocenters. The number of hydrogen-bond acceptors (Lipinski definition) is 6. The van der Waals surface area contributed by atoms with Gasteiger partial charge in [-0.3, -0.25) is 10.1 Å². The van der Waals surface area contributed by atoms with E-state index in [1.165, 1.54) is 18.3 Å². The molecule has 0 fully saturated rings. The highest BCUT2D eigenvalue weighted by atomic mass is 16.6. The van der Waals surface area contributed by atoms with Gasteiger partial charge in [-0.05, 0) is 17.7 Å². The number of rotatable bonds is 6. The summed E-state index contributed by atoms with van der Waals surface area (Å²) in [5.41, 5.74) is 6.08. The van der Waals surface area contributed by atoms with Gasteiger partial charge in [0.05, 0.1) is 11.1 Å². The van der Waals surface area contributed by atoms with Crippen molar-refractivity contribution in [2.75, 3.05) is 5.43 Å². The van der Waals surface area contributed by atoms with Gasteiger partial charge in [0.15, 0.2) is 5.76 Å². The van der Waals surface area contributed by atoms with Crippen molar-refractivity contribution in [3.05, 3.63) is 101 Å². The standard InChI is InChI=1S/C22H16N4O3/c27-26(28)19-13-11-16(12-14-19)15-23-25-22-24-20(17-7-3-1-4-8-17)21(29-22)18-9-5-2-6-10-18/h1-15H,(H,24,25)/b23-15+. The van der Waals surface area contributed by atoms with E-state index < -0.39 is 4.92 Å². The molecule has 0 aliphatic rings. The van der Waals surface area contributed by atoms with E-state index in [4.69, 9.17) is 4.42 Å². The number of non-ortho nitro benzene ring substituents is 1. The van der Waals surface area contributed by atoms with Crippen molar-refractivity contribution >= 4 is 17.9 Å². The lowest BCUT2D eigenvalue weighted by atomic mass is 10.1. The Morgan fingerprint density at radius 2 is 1.52 bits per heavy atom. The van der Waals surface area contributed by atoms with Crippen LogP contribution in [0.4, 0.5) is 11.7 Å². The predicted octanol–water partition coefficient (Wildman–Crippen LogP) is 5.36. The molecule has 1 N–H and O–H groups in total. The molecular weight excluding hydrogens is 368 g/mol. The van der Waals surface area contributed by atoms with Gasteiger partial charge >= 0.3 is 6.01 Å². The Morgan fingerprint density at radius 1 is 0.897 bits per heavy atom. The second-order valence-electron chi connectivity index (χ2n) is 6.15. The fourth-order valence-electron chi connectivity index (χ4n) is 2.79. The Morgan fingerprint density at radius 3 is 2.14 bits per heavy atom. The molecule has 1 heterocycles. The van der Waals surface area contributed by atoms with Crippen molar-refractivity contribution in [3.8, 4) is 22.6 Å². The number of aromatic nitrogens is 1. The molecule has 4 rings (SSSR count). The lowest BCUT2D eigenvalue weighted by molar-refractivity contribution is -0.384. The van der Waals surface area contributed by atoms with Crippen LogP contribution in [0.5, 0.6) is 0 Å². The number of nitro benzene ring substituents is 1. The molecule has 0 spiro atoms. The maximum Gasteiger partial charge on any atom is 0.316 e. The van der Waals surface area contributed by atoms with Crippen molar-refractivity contribution in [3.63, 3.8) is 0 Å². The fraction of sp³-hybridized carbons (Fsp3) is 0. The number of hydrazone groups is 1. The molecule has 0 aliphatic heterocycles. The zero-order valence-corrected chi connectivity index (χ0v) is 15.2. The maximum absolute atomic E-state index is 10.7. The highest BCUT2D eigenvalue weighted by Gasteiger charge is 2.16. The first-order chi connectivity index (χ1) is 14.2. The molecule has 7 heteroatoms. The summed E-state index contributed by atoms with van der Waals surface area (Å²) in [6.07, 6.45) is 1.54.